The van der Waals surface area contributed by atoms with Gasteiger partial charge in [0.05, 0.1) is 22.0 Å². The van der Waals surface area contributed by atoms with Gasteiger partial charge in [0.1, 0.15) is 5.82 Å². The van der Waals surface area contributed by atoms with E-state index in [1.165, 1.54) is 16.8 Å². The smallest absolute Gasteiger partial charge is 0.370 e. The fourth-order valence-corrected chi connectivity index (χ4v) is 3.85. The summed E-state index contributed by atoms with van der Waals surface area (Å²) in [6.45, 7) is 0.662. The van der Waals surface area contributed by atoms with Crippen LogP contribution in [0.5, 0.6) is 0 Å². The molecule has 0 atom stereocenters. The third kappa shape index (κ3) is 3.47. The van der Waals surface area contributed by atoms with Crippen LogP contribution >= 0.6 is 23.2 Å². The maximum Gasteiger partial charge on any atom is 0.418 e. The third-order valence-corrected chi connectivity index (χ3v) is 5.32. The van der Waals surface area contributed by atoms with Crippen molar-refractivity contribution in [1.29, 1.82) is 0 Å². The van der Waals surface area contributed by atoms with Gasteiger partial charge in [-0.15, -0.1) is 0 Å². The lowest BCUT2D eigenvalue weighted by Gasteiger charge is -2.15. The summed E-state index contributed by atoms with van der Waals surface area (Å²) in [6.07, 6.45) is -1.99. The van der Waals surface area contributed by atoms with E-state index in [0.29, 0.717) is 40.1 Å². The van der Waals surface area contributed by atoms with E-state index in [2.05, 4.69) is 10.4 Å². The molecule has 4 rings (SSSR count). The lowest BCUT2D eigenvalue weighted by molar-refractivity contribution is -0.137. The van der Waals surface area contributed by atoms with Gasteiger partial charge >= 0.3 is 6.18 Å². The summed E-state index contributed by atoms with van der Waals surface area (Å²) in [4.78, 5) is 0. The molecule has 28 heavy (non-hydrogen) atoms. The molecule has 1 N–H and O–H groups in total. The van der Waals surface area contributed by atoms with Crippen LogP contribution in [0.4, 0.5) is 19.0 Å². The van der Waals surface area contributed by atoms with Crippen LogP contribution in [-0.4, -0.2) is 16.3 Å². The van der Waals surface area contributed by atoms with E-state index in [0.717, 1.165) is 24.5 Å². The van der Waals surface area contributed by atoms with Crippen molar-refractivity contribution in [3.63, 3.8) is 0 Å². The Morgan fingerprint density at radius 3 is 2.61 bits per heavy atom. The number of alkyl halides is 3. The topological polar surface area (TPSA) is 29.9 Å². The van der Waals surface area contributed by atoms with Gasteiger partial charge in [0, 0.05) is 22.7 Å². The van der Waals surface area contributed by atoms with Crippen LogP contribution in [0.2, 0.25) is 10.0 Å². The minimum atomic E-state index is -4.49. The van der Waals surface area contributed by atoms with Crippen molar-refractivity contribution in [3.05, 3.63) is 63.6 Å². The second-order valence-corrected chi connectivity index (χ2v) is 7.45. The van der Waals surface area contributed by atoms with Crippen molar-refractivity contribution in [3.8, 4) is 16.9 Å². The molecular weight excluding hydrogens is 410 g/mol. The highest BCUT2D eigenvalue weighted by Crippen LogP contribution is 2.40. The summed E-state index contributed by atoms with van der Waals surface area (Å²) >= 11 is 12.5. The van der Waals surface area contributed by atoms with E-state index in [9.17, 15) is 13.2 Å². The molecule has 1 aliphatic heterocycles. The number of fused-ring (bicyclic) bond motifs is 1. The predicted octanol–water partition coefficient (Wildman–Crippen LogP) is 6.61. The predicted molar refractivity (Wildman–Crippen MR) is 105 cm³/mol. The van der Waals surface area contributed by atoms with E-state index in [1.54, 1.807) is 24.3 Å². The van der Waals surface area contributed by atoms with Crippen molar-refractivity contribution in [2.24, 2.45) is 0 Å². The number of rotatable bonds is 2. The van der Waals surface area contributed by atoms with Gasteiger partial charge < -0.3 is 5.32 Å². The van der Waals surface area contributed by atoms with E-state index in [1.807, 2.05) is 0 Å². The Hall–Kier alpha value is -2.18. The SMILES string of the molecule is FC(F)(F)c1ccccc1-n1nc(-c2cc(Cl)ccc2Cl)c2c1NCCCC2. The van der Waals surface area contributed by atoms with E-state index in [-0.39, 0.29) is 5.69 Å². The van der Waals surface area contributed by atoms with Gasteiger partial charge in [-0.05, 0) is 49.6 Å². The molecule has 146 valence electrons. The molecule has 0 unspecified atom stereocenters. The first-order valence-corrected chi connectivity index (χ1v) is 9.59. The first-order chi connectivity index (χ1) is 13.4. The van der Waals surface area contributed by atoms with Crippen LogP contribution in [0.1, 0.15) is 24.0 Å². The fraction of sp³-hybridized carbons (Fsp3) is 0.250. The summed E-state index contributed by atoms with van der Waals surface area (Å²) in [5, 5.41) is 8.75. The Morgan fingerprint density at radius 1 is 1.04 bits per heavy atom. The molecule has 3 nitrogen and oxygen atoms in total. The molecule has 0 bridgehead atoms. The van der Waals surface area contributed by atoms with E-state index >= 15 is 0 Å². The molecule has 0 radical (unpaired) electrons. The zero-order valence-corrected chi connectivity index (χ0v) is 16.2. The minimum Gasteiger partial charge on any atom is -0.370 e. The molecule has 0 saturated carbocycles. The average Bonchev–Trinajstić information content (AvgIpc) is 2.84. The fourth-order valence-electron chi connectivity index (χ4n) is 3.47. The summed E-state index contributed by atoms with van der Waals surface area (Å²) < 4.78 is 42.1. The Labute approximate surface area is 170 Å². The van der Waals surface area contributed by atoms with Gasteiger partial charge in [0.15, 0.2) is 0 Å². The third-order valence-electron chi connectivity index (χ3n) is 4.75. The maximum absolute atomic E-state index is 13.6. The van der Waals surface area contributed by atoms with Gasteiger partial charge in [-0.25, -0.2) is 4.68 Å². The van der Waals surface area contributed by atoms with Crippen molar-refractivity contribution in [2.45, 2.75) is 25.4 Å². The number of para-hydroxylation sites is 1. The average molecular weight is 426 g/mol. The van der Waals surface area contributed by atoms with Gasteiger partial charge in [-0.1, -0.05) is 35.3 Å². The normalized spacial score (nSPS) is 14.3. The monoisotopic (exact) mass is 425 g/mol. The van der Waals surface area contributed by atoms with Crippen LogP contribution in [0, 0.1) is 0 Å². The van der Waals surface area contributed by atoms with Gasteiger partial charge in [0.25, 0.3) is 0 Å². The number of nitrogens with zero attached hydrogens (tertiary/aromatic N) is 2. The van der Waals surface area contributed by atoms with Crippen molar-refractivity contribution < 1.29 is 13.2 Å². The second kappa shape index (κ2) is 7.33. The summed E-state index contributed by atoms with van der Waals surface area (Å²) in [5.41, 5.74) is 1.24. The molecule has 8 heteroatoms. The second-order valence-electron chi connectivity index (χ2n) is 6.61. The van der Waals surface area contributed by atoms with E-state index < -0.39 is 11.7 Å². The highest BCUT2D eigenvalue weighted by atomic mass is 35.5. The highest BCUT2D eigenvalue weighted by molar-refractivity contribution is 6.35. The zero-order chi connectivity index (χ0) is 19.9. The van der Waals surface area contributed by atoms with Crippen LogP contribution in [-0.2, 0) is 12.6 Å². The quantitative estimate of drug-likeness (QED) is 0.500. The van der Waals surface area contributed by atoms with Gasteiger partial charge in [-0.2, -0.15) is 18.3 Å². The molecule has 0 spiro atoms. The Morgan fingerprint density at radius 2 is 1.82 bits per heavy atom. The first-order valence-electron chi connectivity index (χ1n) is 8.84. The molecular formula is C20H16Cl2F3N3. The minimum absolute atomic E-state index is 0.0231. The van der Waals surface area contributed by atoms with Crippen LogP contribution in [0.25, 0.3) is 16.9 Å². The molecule has 2 aromatic carbocycles. The lowest BCUT2D eigenvalue weighted by atomic mass is 10.0. The van der Waals surface area contributed by atoms with Crippen LogP contribution < -0.4 is 5.32 Å². The van der Waals surface area contributed by atoms with Crippen LogP contribution in [0.15, 0.2) is 42.5 Å². The highest BCUT2D eigenvalue weighted by Gasteiger charge is 2.35. The maximum atomic E-state index is 13.6. The Kier molecular flexibility index (Phi) is 5.02. The first kappa shape index (κ1) is 19.2. The number of hydrogen-bond donors (Lipinski definition) is 1. The van der Waals surface area contributed by atoms with Crippen LogP contribution in [0.3, 0.4) is 0 Å². The number of benzene rings is 2. The summed E-state index contributed by atoms with van der Waals surface area (Å²) in [6, 6.07) is 10.5. The molecule has 3 aromatic rings. The van der Waals surface area contributed by atoms with E-state index in [4.69, 9.17) is 23.2 Å². The molecule has 0 fully saturated rings. The lowest BCUT2D eigenvalue weighted by Crippen LogP contribution is -2.14. The standard InChI is InChI=1S/C20H16Cl2F3N3/c21-12-8-9-16(22)14(11-12)18-13-5-3-4-10-26-19(13)28(27-18)17-7-2-1-6-15(17)20(23,24)25/h1-2,6-9,11,26H,3-5,10H2. The van der Waals surface area contributed by atoms with Crippen molar-refractivity contribution in [1.82, 2.24) is 9.78 Å². The molecule has 1 aliphatic rings. The van der Waals surface area contributed by atoms with Crippen molar-refractivity contribution >= 4 is 29.0 Å². The summed E-state index contributed by atoms with van der Waals surface area (Å²) in [5.74, 6) is 0.570. The number of anilines is 1. The largest absolute Gasteiger partial charge is 0.418 e. The number of hydrogen-bond acceptors (Lipinski definition) is 2. The molecule has 0 aliphatic carbocycles. The van der Waals surface area contributed by atoms with Crippen molar-refractivity contribution in [2.75, 3.05) is 11.9 Å². The molecule has 0 saturated heterocycles. The molecule has 1 aromatic heterocycles. The zero-order valence-electron chi connectivity index (χ0n) is 14.7. The molecule has 2 heterocycles. The van der Waals surface area contributed by atoms with Gasteiger partial charge in [0.2, 0.25) is 0 Å². The van der Waals surface area contributed by atoms with Gasteiger partial charge in [-0.3, -0.25) is 0 Å². The Balaban J connectivity index is 1.98. The Bertz CT molecular complexity index is 1030. The summed E-state index contributed by atoms with van der Waals surface area (Å²) in [7, 11) is 0. The number of aromatic nitrogens is 2. The number of nitrogens with one attached hydrogen (secondary N) is 1. The molecule has 0 amide bonds. The number of halogens is 5.